The van der Waals surface area contributed by atoms with E-state index in [-0.39, 0.29) is 0 Å². The van der Waals surface area contributed by atoms with Crippen LogP contribution in [0.25, 0.3) is 0 Å². The molecule has 0 aromatic carbocycles. The first-order valence-corrected chi connectivity index (χ1v) is 6.16. The Labute approximate surface area is 97.2 Å². The molecule has 3 nitrogen and oxygen atoms in total. The molecule has 0 aliphatic carbocycles. The highest BCUT2D eigenvalue weighted by Crippen LogP contribution is 2.28. The molecule has 1 saturated heterocycles. The van der Waals surface area contributed by atoms with Crippen LogP contribution in [0.15, 0.2) is 22.8 Å². The zero-order valence-electron chi connectivity index (χ0n) is 10.1. The molecule has 3 unspecified atom stereocenters. The maximum atomic E-state index is 5.75. The monoisotopic (exact) mass is 223 g/mol. The van der Waals surface area contributed by atoms with E-state index in [9.17, 15) is 0 Å². The summed E-state index contributed by atoms with van der Waals surface area (Å²) in [6.07, 6.45) is 5.36. The van der Waals surface area contributed by atoms with Crippen LogP contribution in [0.5, 0.6) is 0 Å². The zero-order valence-corrected chi connectivity index (χ0v) is 10.1. The van der Waals surface area contributed by atoms with Crippen LogP contribution >= 0.6 is 0 Å². The van der Waals surface area contributed by atoms with Gasteiger partial charge in [0, 0.05) is 25.0 Å². The number of nitrogens with one attached hydrogen (secondary N) is 1. The fraction of sp³-hybridized carbons (Fsp3) is 0.692. The predicted molar refractivity (Wildman–Crippen MR) is 63.4 cm³/mol. The van der Waals surface area contributed by atoms with Crippen LogP contribution in [0.3, 0.4) is 0 Å². The van der Waals surface area contributed by atoms with E-state index in [2.05, 4.69) is 12.2 Å². The van der Waals surface area contributed by atoms with E-state index >= 15 is 0 Å². The maximum Gasteiger partial charge on any atom is 0.105 e. The van der Waals surface area contributed by atoms with Crippen LogP contribution in [0.4, 0.5) is 0 Å². The van der Waals surface area contributed by atoms with Gasteiger partial charge in [-0.2, -0.15) is 0 Å². The summed E-state index contributed by atoms with van der Waals surface area (Å²) in [6, 6.07) is 4.45. The Kier molecular flexibility index (Phi) is 4.02. The fourth-order valence-electron chi connectivity index (χ4n) is 2.66. The van der Waals surface area contributed by atoms with Crippen molar-refractivity contribution >= 4 is 0 Å². The highest BCUT2D eigenvalue weighted by Gasteiger charge is 2.33. The highest BCUT2D eigenvalue weighted by molar-refractivity contribution is 5.02. The summed E-state index contributed by atoms with van der Waals surface area (Å²) in [5.41, 5.74) is 0. The summed E-state index contributed by atoms with van der Waals surface area (Å²) in [6.45, 7) is 3.10. The summed E-state index contributed by atoms with van der Waals surface area (Å²) < 4.78 is 11.2. The summed E-state index contributed by atoms with van der Waals surface area (Å²) >= 11 is 0. The Hall–Kier alpha value is -0.800. The lowest BCUT2D eigenvalue weighted by molar-refractivity contribution is 0.0777. The maximum absolute atomic E-state index is 5.75. The molecule has 3 heteroatoms. The number of ether oxygens (including phenoxy) is 1. The van der Waals surface area contributed by atoms with Crippen molar-refractivity contribution in [1.29, 1.82) is 0 Å². The van der Waals surface area contributed by atoms with Crippen LogP contribution in [-0.4, -0.2) is 25.8 Å². The second-order valence-electron chi connectivity index (χ2n) is 4.45. The molecule has 0 spiro atoms. The van der Waals surface area contributed by atoms with Crippen molar-refractivity contribution in [2.45, 2.75) is 38.3 Å². The van der Waals surface area contributed by atoms with Crippen molar-refractivity contribution in [2.75, 3.05) is 13.7 Å². The molecule has 1 aliphatic heterocycles. The normalized spacial score (nSPS) is 27.1. The smallest absolute Gasteiger partial charge is 0.105 e. The van der Waals surface area contributed by atoms with Crippen molar-refractivity contribution in [3.05, 3.63) is 24.2 Å². The second kappa shape index (κ2) is 5.51. The summed E-state index contributed by atoms with van der Waals surface area (Å²) in [5.74, 6) is 1.67. The van der Waals surface area contributed by atoms with Crippen LogP contribution in [0.1, 0.15) is 25.5 Å². The van der Waals surface area contributed by atoms with Crippen molar-refractivity contribution in [3.63, 3.8) is 0 Å². The molecule has 0 amide bonds. The number of hydrogen-bond donors (Lipinski definition) is 1. The Bertz CT molecular complexity index is 297. The topological polar surface area (TPSA) is 34.4 Å². The Morgan fingerprint density at radius 1 is 1.56 bits per heavy atom. The molecule has 2 heterocycles. The van der Waals surface area contributed by atoms with E-state index < -0.39 is 0 Å². The SMILES string of the molecule is CCC1OCCC1C(Cc1ccco1)NC. The van der Waals surface area contributed by atoms with E-state index in [0.717, 1.165) is 31.6 Å². The largest absolute Gasteiger partial charge is 0.469 e. The third kappa shape index (κ3) is 2.47. The van der Waals surface area contributed by atoms with Gasteiger partial charge in [-0.25, -0.2) is 0 Å². The lowest BCUT2D eigenvalue weighted by atomic mass is 9.89. The van der Waals surface area contributed by atoms with Gasteiger partial charge in [-0.3, -0.25) is 0 Å². The molecule has 3 atom stereocenters. The number of likely N-dealkylation sites (N-methyl/N-ethyl adjacent to an activating group) is 1. The number of hydrogen-bond acceptors (Lipinski definition) is 3. The van der Waals surface area contributed by atoms with E-state index in [4.69, 9.17) is 9.15 Å². The summed E-state index contributed by atoms with van der Waals surface area (Å²) in [4.78, 5) is 0. The van der Waals surface area contributed by atoms with Gasteiger partial charge in [-0.15, -0.1) is 0 Å². The van der Waals surface area contributed by atoms with Gasteiger partial charge in [0.15, 0.2) is 0 Å². The summed E-state index contributed by atoms with van der Waals surface area (Å²) in [7, 11) is 2.03. The van der Waals surface area contributed by atoms with Gasteiger partial charge in [0.05, 0.1) is 12.4 Å². The Balaban J connectivity index is 1.98. The van der Waals surface area contributed by atoms with Gasteiger partial charge in [-0.05, 0) is 32.0 Å². The molecule has 1 aliphatic rings. The average Bonchev–Trinajstić information content (AvgIpc) is 2.96. The minimum atomic E-state index is 0.410. The number of furan rings is 1. The fourth-order valence-corrected chi connectivity index (χ4v) is 2.66. The van der Waals surface area contributed by atoms with Crippen LogP contribution in [0.2, 0.25) is 0 Å². The van der Waals surface area contributed by atoms with Gasteiger partial charge < -0.3 is 14.5 Å². The second-order valence-corrected chi connectivity index (χ2v) is 4.45. The molecule has 1 N–H and O–H groups in total. The lowest BCUT2D eigenvalue weighted by Gasteiger charge is -2.26. The molecule has 16 heavy (non-hydrogen) atoms. The van der Waals surface area contributed by atoms with Crippen molar-refractivity contribution < 1.29 is 9.15 Å². The van der Waals surface area contributed by atoms with Gasteiger partial charge >= 0.3 is 0 Å². The predicted octanol–water partition coefficient (Wildman–Crippen LogP) is 2.23. The van der Waals surface area contributed by atoms with Gasteiger partial charge in [0.1, 0.15) is 5.76 Å². The molecule has 2 rings (SSSR count). The van der Waals surface area contributed by atoms with Crippen molar-refractivity contribution in [2.24, 2.45) is 5.92 Å². The molecule has 1 aromatic heterocycles. The minimum absolute atomic E-state index is 0.410. The van der Waals surface area contributed by atoms with E-state index in [1.807, 2.05) is 19.2 Å². The zero-order chi connectivity index (χ0) is 11.4. The summed E-state index contributed by atoms with van der Waals surface area (Å²) in [5, 5.41) is 3.41. The molecule has 90 valence electrons. The lowest BCUT2D eigenvalue weighted by Crippen LogP contribution is -2.39. The van der Waals surface area contributed by atoms with Gasteiger partial charge in [-0.1, -0.05) is 6.92 Å². The third-order valence-corrected chi connectivity index (χ3v) is 3.55. The molecule has 0 saturated carbocycles. The Morgan fingerprint density at radius 3 is 3.06 bits per heavy atom. The van der Waals surface area contributed by atoms with E-state index in [1.165, 1.54) is 0 Å². The van der Waals surface area contributed by atoms with Crippen LogP contribution < -0.4 is 5.32 Å². The molecule has 1 aromatic rings. The quantitative estimate of drug-likeness (QED) is 0.831. The molecule has 1 fully saturated rings. The van der Waals surface area contributed by atoms with E-state index in [0.29, 0.717) is 18.1 Å². The highest BCUT2D eigenvalue weighted by atomic mass is 16.5. The average molecular weight is 223 g/mol. The minimum Gasteiger partial charge on any atom is -0.469 e. The molecular formula is C13H21NO2. The first-order chi connectivity index (χ1) is 7.85. The van der Waals surface area contributed by atoms with Gasteiger partial charge in [0.2, 0.25) is 0 Å². The standard InChI is InChI=1S/C13H21NO2/c1-3-13-11(6-8-16-13)12(14-2)9-10-5-4-7-15-10/h4-5,7,11-14H,3,6,8-9H2,1-2H3. The Morgan fingerprint density at radius 2 is 2.44 bits per heavy atom. The van der Waals surface area contributed by atoms with Crippen LogP contribution in [-0.2, 0) is 11.2 Å². The molecule has 0 bridgehead atoms. The van der Waals surface area contributed by atoms with Crippen molar-refractivity contribution in [1.82, 2.24) is 5.32 Å². The molecular weight excluding hydrogens is 202 g/mol. The third-order valence-electron chi connectivity index (χ3n) is 3.55. The van der Waals surface area contributed by atoms with Crippen molar-refractivity contribution in [3.8, 4) is 0 Å². The first kappa shape index (κ1) is 11.7. The van der Waals surface area contributed by atoms with E-state index in [1.54, 1.807) is 6.26 Å². The first-order valence-electron chi connectivity index (χ1n) is 6.16. The van der Waals surface area contributed by atoms with Gasteiger partial charge in [0.25, 0.3) is 0 Å². The molecule has 0 radical (unpaired) electrons. The van der Waals surface area contributed by atoms with Crippen LogP contribution in [0, 0.1) is 5.92 Å². The number of rotatable bonds is 5.